The molecular formula is C14H18O9. The molecule has 5 atom stereocenters. The molecule has 23 heavy (non-hydrogen) atoms. The van der Waals surface area contributed by atoms with Crippen LogP contribution in [0.4, 0.5) is 0 Å². The highest BCUT2D eigenvalue weighted by Gasteiger charge is 2.44. The minimum Gasteiger partial charge on any atom is -0.504 e. The Kier molecular flexibility index (Phi) is 5.39. The Balaban J connectivity index is 2.13. The molecule has 0 aliphatic carbocycles. The molecule has 1 aromatic carbocycles. The van der Waals surface area contributed by atoms with Gasteiger partial charge >= 0.3 is 5.97 Å². The highest BCUT2D eigenvalue weighted by Crippen LogP contribution is 2.31. The molecule has 1 saturated heterocycles. The zero-order valence-electron chi connectivity index (χ0n) is 11.9. The Morgan fingerprint density at radius 3 is 2.43 bits per heavy atom. The number of aliphatic hydroxyl groups is 4. The highest BCUT2D eigenvalue weighted by atomic mass is 16.7. The fourth-order valence-corrected chi connectivity index (χ4v) is 2.24. The van der Waals surface area contributed by atoms with Gasteiger partial charge in [0.25, 0.3) is 0 Å². The predicted octanol–water partition coefficient (Wildman–Crippen LogP) is -1.80. The molecule has 0 amide bonds. The fraction of sp³-hybridized carbons (Fsp3) is 0.500. The van der Waals surface area contributed by atoms with E-state index in [9.17, 15) is 25.2 Å². The smallest absolute Gasteiger partial charge is 0.307 e. The van der Waals surface area contributed by atoms with Crippen LogP contribution in [0.15, 0.2) is 18.2 Å². The van der Waals surface area contributed by atoms with Crippen molar-refractivity contribution in [1.82, 2.24) is 0 Å². The second-order valence-corrected chi connectivity index (χ2v) is 5.19. The Morgan fingerprint density at radius 1 is 1.17 bits per heavy atom. The van der Waals surface area contributed by atoms with Crippen molar-refractivity contribution in [3.8, 4) is 11.5 Å². The van der Waals surface area contributed by atoms with Crippen molar-refractivity contribution in [3.63, 3.8) is 0 Å². The number of phenols is 1. The Hall–Kier alpha value is -1.91. The van der Waals surface area contributed by atoms with Gasteiger partial charge in [-0.05, 0) is 17.7 Å². The van der Waals surface area contributed by atoms with E-state index in [2.05, 4.69) is 0 Å². The van der Waals surface area contributed by atoms with E-state index in [0.29, 0.717) is 5.56 Å². The van der Waals surface area contributed by atoms with Crippen LogP contribution < -0.4 is 4.74 Å². The number of aliphatic carboxylic acids is 1. The number of aliphatic hydroxyl groups excluding tert-OH is 4. The summed E-state index contributed by atoms with van der Waals surface area (Å²) in [6.45, 7) is -0.603. The van der Waals surface area contributed by atoms with Gasteiger partial charge in [0.2, 0.25) is 6.29 Å². The number of carboxylic acids is 1. The molecule has 1 aromatic rings. The van der Waals surface area contributed by atoms with Gasteiger partial charge in [-0.1, -0.05) is 6.07 Å². The summed E-state index contributed by atoms with van der Waals surface area (Å²) in [4.78, 5) is 10.6. The Morgan fingerprint density at radius 2 is 1.87 bits per heavy atom. The van der Waals surface area contributed by atoms with Crippen molar-refractivity contribution in [2.75, 3.05) is 6.61 Å². The first-order chi connectivity index (χ1) is 10.8. The normalized spacial score (nSPS) is 30.9. The lowest BCUT2D eigenvalue weighted by Gasteiger charge is -2.39. The lowest BCUT2D eigenvalue weighted by molar-refractivity contribution is -0.277. The molecule has 1 aliphatic heterocycles. The van der Waals surface area contributed by atoms with Gasteiger partial charge in [0.15, 0.2) is 11.5 Å². The summed E-state index contributed by atoms with van der Waals surface area (Å²) in [5, 5.41) is 56.8. The Labute approximate surface area is 130 Å². The molecule has 2 rings (SSSR count). The maximum atomic E-state index is 10.6. The number of phenolic OH excluding ortho intramolecular Hbond substituents is 1. The van der Waals surface area contributed by atoms with Crippen molar-refractivity contribution >= 4 is 5.97 Å². The number of ether oxygens (including phenoxy) is 2. The number of hydrogen-bond donors (Lipinski definition) is 6. The van der Waals surface area contributed by atoms with E-state index >= 15 is 0 Å². The molecule has 1 aliphatic rings. The fourth-order valence-electron chi connectivity index (χ4n) is 2.24. The van der Waals surface area contributed by atoms with E-state index in [1.807, 2.05) is 0 Å². The third-order valence-corrected chi connectivity index (χ3v) is 3.47. The minimum atomic E-state index is -1.61. The first-order valence-electron chi connectivity index (χ1n) is 6.84. The van der Waals surface area contributed by atoms with E-state index in [0.717, 1.165) is 0 Å². The molecule has 0 saturated carbocycles. The zero-order chi connectivity index (χ0) is 17.1. The van der Waals surface area contributed by atoms with E-state index < -0.39 is 43.3 Å². The number of benzene rings is 1. The summed E-state index contributed by atoms with van der Waals surface area (Å²) in [6.07, 6.45) is -7.56. The first-order valence-corrected chi connectivity index (χ1v) is 6.84. The van der Waals surface area contributed by atoms with E-state index in [4.69, 9.17) is 19.7 Å². The quantitative estimate of drug-likeness (QED) is 0.366. The van der Waals surface area contributed by atoms with Crippen molar-refractivity contribution in [1.29, 1.82) is 0 Å². The lowest BCUT2D eigenvalue weighted by Crippen LogP contribution is -2.60. The van der Waals surface area contributed by atoms with E-state index in [1.165, 1.54) is 18.2 Å². The number of carboxylic acid groups (broad SMARTS) is 1. The predicted molar refractivity (Wildman–Crippen MR) is 73.8 cm³/mol. The average Bonchev–Trinajstić information content (AvgIpc) is 2.49. The molecule has 128 valence electrons. The Bertz CT molecular complexity index is 559. The third kappa shape index (κ3) is 3.89. The molecule has 0 aromatic heterocycles. The second-order valence-electron chi connectivity index (χ2n) is 5.19. The summed E-state index contributed by atoms with van der Waals surface area (Å²) >= 11 is 0. The highest BCUT2D eigenvalue weighted by molar-refractivity contribution is 5.70. The van der Waals surface area contributed by atoms with Crippen LogP contribution in [0, 0.1) is 0 Å². The monoisotopic (exact) mass is 330 g/mol. The molecular weight excluding hydrogens is 312 g/mol. The first kappa shape index (κ1) is 17.4. The maximum Gasteiger partial charge on any atom is 0.307 e. The number of rotatable bonds is 5. The van der Waals surface area contributed by atoms with Crippen LogP contribution in [0.1, 0.15) is 5.56 Å². The summed E-state index contributed by atoms with van der Waals surface area (Å²) < 4.78 is 10.4. The average molecular weight is 330 g/mol. The molecule has 6 N–H and O–H groups in total. The van der Waals surface area contributed by atoms with Crippen LogP contribution in [-0.2, 0) is 16.0 Å². The van der Waals surface area contributed by atoms with Crippen LogP contribution in [0.5, 0.6) is 11.5 Å². The van der Waals surface area contributed by atoms with Crippen molar-refractivity contribution in [3.05, 3.63) is 23.8 Å². The van der Waals surface area contributed by atoms with Crippen LogP contribution in [0.25, 0.3) is 0 Å². The number of aromatic hydroxyl groups is 1. The summed E-state index contributed by atoms with van der Waals surface area (Å²) in [6, 6.07) is 3.88. The van der Waals surface area contributed by atoms with Gasteiger partial charge in [0.1, 0.15) is 24.4 Å². The molecule has 9 nitrogen and oxygen atoms in total. The molecule has 0 spiro atoms. The zero-order valence-corrected chi connectivity index (χ0v) is 11.9. The van der Waals surface area contributed by atoms with Crippen LogP contribution in [0.3, 0.4) is 0 Å². The maximum absolute atomic E-state index is 10.6. The summed E-state index contributed by atoms with van der Waals surface area (Å²) in [5.74, 6) is -1.55. The molecule has 1 heterocycles. The van der Waals surface area contributed by atoms with Crippen LogP contribution in [0.2, 0.25) is 0 Å². The third-order valence-electron chi connectivity index (χ3n) is 3.47. The van der Waals surface area contributed by atoms with Crippen LogP contribution >= 0.6 is 0 Å². The van der Waals surface area contributed by atoms with Gasteiger partial charge in [0.05, 0.1) is 13.0 Å². The number of hydrogen-bond acceptors (Lipinski definition) is 8. The lowest BCUT2D eigenvalue weighted by atomic mass is 9.99. The molecule has 1 fully saturated rings. The van der Waals surface area contributed by atoms with Gasteiger partial charge in [-0.25, -0.2) is 0 Å². The van der Waals surface area contributed by atoms with Gasteiger partial charge in [-0.3, -0.25) is 4.79 Å². The van der Waals surface area contributed by atoms with Crippen molar-refractivity contribution in [2.24, 2.45) is 0 Å². The van der Waals surface area contributed by atoms with Crippen LogP contribution in [-0.4, -0.2) is 73.9 Å². The van der Waals surface area contributed by atoms with Crippen molar-refractivity contribution in [2.45, 2.75) is 37.1 Å². The molecule has 0 unspecified atom stereocenters. The molecule has 9 heteroatoms. The standard InChI is InChI=1S/C14H18O9/c15-5-9-11(19)12(20)13(21)14(23-9)22-8-2-1-6(3-7(8)16)4-10(17)18/h1-3,9,11-16,19-21H,4-5H2,(H,17,18)/t9-,11-,12-,13-,14-/m1/s1. The van der Waals surface area contributed by atoms with Gasteiger partial charge in [0, 0.05) is 0 Å². The van der Waals surface area contributed by atoms with Gasteiger partial charge < -0.3 is 40.1 Å². The topological polar surface area (TPSA) is 157 Å². The van der Waals surface area contributed by atoms with E-state index in [1.54, 1.807) is 0 Å². The number of carbonyl (C=O) groups is 1. The largest absolute Gasteiger partial charge is 0.504 e. The molecule has 0 bridgehead atoms. The van der Waals surface area contributed by atoms with E-state index in [-0.39, 0.29) is 17.9 Å². The summed E-state index contributed by atoms with van der Waals surface area (Å²) in [7, 11) is 0. The molecule has 0 radical (unpaired) electrons. The summed E-state index contributed by atoms with van der Waals surface area (Å²) in [5.41, 5.74) is 0.344. The SMILES string of the molecule is O=C(O)Cc1ccc(O[C@@H]2O[C@H](CO)[C@@H](O)[C@@H](O)[C@H]2O)c(O)c1. The van der Waals surface area contributed by atoms with Gasteiger partial charge in [-0.15, -0.1) is 0 Å². The minimum absolute atomic E-state index is 0.108. The second kappa shape index (κ2) is 7.11. The van der Waals surface area contributed by atoms with Gasteiger partial charge in [-0.2, -0.15) is 0 Å². The van der Waals surface area contributed by atoms with Crippen molar-refractivity contribution < 1.29 is 44.9 Å².